The van der Waals surface area contributed by atoms with Crippen molar-refractivity contribution in [3.63, 3.8) is 0 Å². The molecule has 0 amide bonds. The number of hydrogen-bond donors (Lipinski definition) is 0. The number of benzene rings is 1. The highest BCUT2D eigenvalue weighted by Crippen LogP contribution is 2.21. The van der Waals surface area contributed by atoms with Gasteiger partial charge in [0.05, 0.1) is 6.61 Å². The summed E-state index contributed by atoms with van der Waals surface area (Å²) < 4.78 is 10.7. The summed E-state index contributed by atoms with van der Waals surface area (Å²) in [5.41, 5.74) is 0.882. The van der Waals surface area contributed by atoms with Gasteiger partial charge in [0.1, 0.15) is 0 Å². The number of hydrogen-bond acceptors (Lipinski definition) is 5. The Balaban J connectivity index is 1.57. The molecule has 0 radical (unpaired) electrons. The van der Waals surface area contributed by atoms with Gasteiger partial charge in [-0.05, 0) is 37.4 Å². The third-order valence-corrected chi connectivity index (χ3v) is 4.68. The van der Waals surface area contributed by atoms with Crippen molar-refractivity contribution in [2.45, 2.75) is 25.7 Å². The van der Waals surface area contributed by atoms with Crippen molar-refractivity contribution >= 4 is 11.6 Å². The van der Waals surface area contributed by atoms with Gasteiger partial charge in [-0.15, -0.1) is 0 Å². The van der Waals surface area contributed by atoms with Crippen LogP contribution in [0.4, 0.5) is 0 Å². The fourth-order valence-electron chi connectivity index (χ4n) is 3.25. The first kappa shape index (κ1) is 17.4. The predicted molar refractivity (Wildman–Crippen MR) is 94.1 cm³/mol. The summed E-state index contributed by atoms with van der Waals surface area (Å²) in [5, 5.41) is 4.74. The Morgan fingerprint density at radius 3 is 3.12 bits per heavy atom. The van der Waals surface area contributed by atoms with Gasteiger partial charge in [-0.1, -0.05) is 35.3 Å². The lowest BCUT2D eigenvalue weighted by Crippen LogP contribution is -2.32. The van der Waals surface area contributed by atoms with E-state index in [2.05, 4.69) is 15.0 Å². The molecule has 0 saturated carbocycles. The summed E-state index contributed by atoms with van der Waals surface area (Å²) in [5.74, 6) is 1.90. The molecule has 1 saturated heterocycles. The number of methoxy groups -OCH3 is 1. The Morgan fingerprint density at radius 1 is 1.38 bits per heavy atom. The van der Waals surface area contributed by atoms with Crippen LogP contribution in [0.3, 0.4) is 0 Å². The van der Waals surface area contributed by atoms with Gasteiger partial charge in [-0.3, -0.25) is 0 Å². The summed E-state index contributed by atoms with van der Waals surface area (Å²) in [7, 11) is 1.78. The van der Waals surface area contributed by atoms with Crippen LogP contribution in [-0.4, -0.2) is 48.4 Å². The highest BCUT2D eigenvalue weighted by Gasteiger charge is 2.19. The number of aromatic nitrogens is 2. The standard InChI is InChI=1S/C18H24ClN3O2/c1-23-13-14-5-2-3-9-22(12-14)10-8-17-20-18(21-24-17)15-6-4-7-16(19)11-15/h4,6-7,11,14H,2-3,5,8-10,12-13H2,1H3. The lowest BCUT2D eigenvalue weighted by Gasteiger charge is -2.23. The second kappa shape index (κ2) is 8.60. The van der Waals surface area contributed by atoms with Crippen molar-refractivity contribution < 1.29 is 9.26 Å². The molecule has 2 heterocycles. The monoisotopic (exact) mass is 349 g/mol. The molecule has 1 aromatic carbocycles. The zero-order valence-electron chi connectivity index (χ0n) is 14.1. The van der Waals surface area contributed by atoms with E-state index < -0.39 is 0 Å². The number of halogens is 1. The molecular weight excluding hydrogens is 326 g/mol. The minimum atomic E-state index is 0.598. The largest absolute Gasteiger partial charge is 0.384 e. The first-order valence-electron chi connectivity index (χ1n) is 8.54. The van der Waals surface area contributed by atoms with Crippen LogP contribution >= 0.6 is 11.6 Å². The number of likely N-dealkylation sites (tertiary alicyclic amines) is 1. The summed E-state index contributed by atoms with van der Waals surface area (Å²) in [4.78, 5) is 6.98. The van der Waals surface area contributed by atoms with Gasteiger partial charge in [0.15, 0.2) is 0 Å². The van der Waals surface area contributed by atoms with E-state index in [-0.39, 0.29) is 0 Å². The van der Waals surface area contributed by atoms with Crippen molar-refractivity contribution in [3.05, 3.63) is 35.2 Å². The van der Waals surface area contributed by atoms with Crippen LogP contribution in [0.1, 0.15) is 25.2 Å². The highest BCUT2D eigenvalue weighted by atomic mass is 35.5. The Morgan fingerprint density at radius 2 is 2.29 bits per heavy atom. The summed E-state index contributed by atoms with van der Waals surface area (Å²) in [6.45, 7) is 4.01. The van der Waals surface area contributed by atoms with Gasteiger partial charge in [-0.2, -0.15) is 4.98 Å². The molecule has 1 aromatic heterocycles. The van der Waals surface area contributed by atoms with E-state index in [1.54, 1.807) is 7.11 Å². The van der Waals surface area contributed by atoms with E-state index in [0.717, 1.165) is 38.2 Å². The SMILES string of the molecule is COCC1CCCCN(CCc2nc(-c3cccc(Cl)c3)no2)C1. The van der Waals surface area contributed by atoms with Crippen molar-refractivity contribution in [1.82, 2.24) is 15.0 Å². The third-order valence-electron chi connectivity index (χ3n) is 4.45. The normalized spacial score (nSPS) is 19.3. The molecule has 24 heavy (non-hydrogen) atoms. The molecule has 1 aliphatic heterocycles. The molecule has 130 valence electrons. The molecule has 0 aliphatic carbocycles. The van der Waals surface area contributed by atoms with Gasteiger partial charge in [0.2, 0.25) is 11.7 Å². The topological polar surface area (TPSA) is 51.4 Å². The minimum Gasteiger partial charge on any atom is -0.384 e. The van der Waals surface area contributed by atoms with Crippen molar-refractivity contribution in [2.75, 3.05) is 33.4 Å². The van der Waals surface area contributed by atoms with E-state index >= 15 is 0 Å². The summed E-state index contributed by atoms with van der Waals surface area (Å²) >= 11 is 6.02. The Bertz CT molecular complexity index is 647. The van der Waals surface area contributed by atoms with Crippen molar-refractivity contribution in [3.8, 4) is 11.4 Å². The zero-order valence-corrected chi connectivity index (χ0v) is 14.8. The van der Waals surface area contributed by atoms with Crippen LogP contribution in [0.5, 0.6) is 0 Å². The van der Waals surface area contributed by atoms with Gasteiger partial charge >= 0.3 is 0 Å². The molecule has 3 rings (SSSR count). The predicted octanol–water partition coefficient (Wildman–Crippen LogP) is 3.68. The zero-order chi connectivity index (χ0) is 16.8. The average Bonchev–Trinajstić information content (AvgIpc) is 2.94. The Labute approximate surface area is 147 Å². The number of ether oxygens (including phenoxy) is 1. The number of nitrogens with zero attached hydrogens (tertiary/aromatic N) is 3. The van der Waals surface area contributed by atoms with E-state index in [1.807, 2.05) is 24.3 Å². The van der Waals surface area contributed by atoms with Gasteiger partial charge in [-0.25, -0.2) is 0 Å². The quantitative estimate of drug-likeness (QED) is 0.796. The maximum Gasteiger partial charge on any atom is 0.228 e. The third kappa shape index (κ3) is 4.79. The van der Waals surface area contributed by atoms with Crippen LogP contribution in [0.25, 0.3) is 11.4 Å². The average molecular weight is 350 g/mol. The van der Waals surface area contributed by atoms with Crippen LogP contribution in [-0.2, 0) is 11.2 Å². The molecule has 6 heteroatoms. The smallest absolute Gasteiger partial charge is 0.228 e. The molecule has 1 fully saturated rings. The fraction of sp³-hybridized carbons (Fsp3) is 0.556. The molecule has 5 nitrogen and oxygen atoms in total. The van der Waals surface area contributed by atoms with Crippen LogP contribution in [0.2, 0.25) is 5.02 Å². The molecule has 1 aliphatic rings. The Hall–Kier alpha value is -1.43. The molecular formula is C18H24ClN3O2. The summed E-state index contributed by atoms with van der Waals surface area (Å²) in [6.07, 6.45) is 4.55. The van der Waals surface area contributed by atoms with Gasteiger partial charge in [0, 0.05) is 37.2 Å². The molecule has 1 unspecified atom stereocenters. The first-order valence-corrected chi connectivity index (χ1v) is 8.92. The van der Waals surface area contributed by atoms with E-state index in [4.69, 9.17) is 20.9 Å². The van der Waals surface area contributed by atoms with E-state index in [1.165, 1.54) is 19.3 Å². The molecule has 2 aromatic rings. The van der Waals surface area contributed by atoms with Gasteiger partial charge in [0.25, 0.3) is 0 Å². The van der Waals surface area contributed by atoms with Crippen molar-refractivity contribution in [2.24, 2.45) is 5.92 Å². The highest BCUT2D eigenvalue weighted by molar-refractivity contribution is 6.30. The minimum absolute atomic E-state index is 0.598. The maximum atomic E-state index is 6.02. The maximum absolute atomic E-state index is 6.02. The summed E-state index contributed by atoms with van der Waals surface area (Å²) in [6, 6.07) is 7.51. The van der Waals surface area contributed by atoms with Crippen molar-refractivity contribution in [1.29, 1.82) is 0 Å². The second-order valence-corrected chi connectivity index (χ2v) is 6.83. The van der Waals surface area contributed by atoms with Crippen LogP contribution < -0.4 is 0 Å². The molecule has 0 N–H and O–H groups in total. The van der Waals surface area contributed by atoms with Gasteiger partial charge < -0.3 is 14.2 Å². The molecule has 0 spiro atoms. The number of rotatable bonds is 6. The Kier molecular flexibility index (Phi) is 6.24. The first-order chi connectivity index (χ1) is 11.7. The second-order valence-electron chi connectivity index (χ2n) is 6.39. The van der Waals surface area contributed by atoms with E-state index in [9.17, 15) is 0 Å². The molecule has 1 atom stereocenters. The molecule has 0 bridgehead atoms. The lowest BCUT2D eigenvalue weighted by molar-refractivity contribution is 0.125. The van der Waals surface area contributed by atoms with Crippen LogP contribution in [0, 0.1) is 5.92 Å². The lowest BCUT2D eigenvalue weighted by atomic mass is 10.0. The fourth-order valence-corrected chi connectivity index (χ4v) is 3.44. The van der Waals surface area contributed by atoms with E-state index in [0.29, 0.717) is 22.7 Å². The van der Waals surface area contributed by atoms with Crippen LogP contribution in [0.15, 0.2) is 28.8 Å².